The van der Waals surface area contributed by atoms with Gasteiger partial charge in [0, 0.05) is 36.7 Å². The van der Waals surface area contributed by atoms with E-state index in [4.69, 9.17) is 0 Å². The summed E-state index contributed by atoms with van der Waals surface area (Å²) < 4.78 is 1.69. The molecule has 0 aliphatic rings. The lowest BCUT2D eigenvalue weighted by Gasteiger charge is -2.11. The van der Waals surface area contributed by atoms with Crippen molar-refractivity contribution < 1.29 is 4.79 Å². The van der Waals surface area contributed by atoms with Gasteiger partial charge in [-0.1, -0.05) is 20.3 Å². The van der Waals surface area contributed by atoms with E-state index in [-0.39, 0.29) is 11.9 Å². The molecule has 2 aromatic heterocycles. The SMILES string of the molecule is CCCc1cc(NC(=O)NC[C@H](C)c2nc(C)cs2)n(C)n1. The largest absolute Gasteiger partial charge is 0.337 e. The summed E-state index contributed by atoms with van der Waals surface area (Å²) in [6, 6.07) is 1.70. The summed E-state index contributed by atoms with van der Waals surface area (Å²) in [5, 5.41) is 13.2. The van der Waals surface area contributed by atoms with Crippen LogP contribution in [0.2, 0.25) is 0 Å². The predicted octanol–water partition coefficient (Wildman–Crippen LogP) is 3.06. The average molecular weight is 321 g/mol. The summed E-state index contributed by atoms with van der Waals surface area (Å²) in [6.07, 6.45) is 1.95. The van der Waals surface area contributed by atoms with Gasteiger partial charge in [0.2, 0.25) is 0 Å². The zero-order valence-electron chi connectivity index (χ0n) is 13.5. The van der Waals surface area contributed by atoms with Gasteiger partial charge in [-0.2, -0.15) is 5.10 Å². The first-order valence-electron chi connectivity index (χ1n) is 7.49. The molecule has 0 saturated heterocycles. The van der Waals surface area contributed by atoms with Crippen LogP contribution in [-0.4, -0.2) is 27.3 Å². The van der Waals surface area contributed by atoms with Gasteiger partial charge < -0.3 is 5.32 Å². The summed E-state index contributed by atoms with van der Waals surface area (Å²) in [5.74, 6) is 0.908. The lowest BCUT2D eigenvalue weighted by Crippen LogP contribution is -2.32. The lowest BCUT2D eigenvalue weighted by molar-refractivity contribution is 0.251. The minimum atomic E-state index is -0.217. The number of carbonyl (C=O) groups is 1. The van der Waals surface area contributed by atoms with Crippen molar-refractivity contribution >= 4 is 23.2 Å². The topological polar surface area (TPSA) is 71.8 Å². The van der Waals surface area contributed by atoms with Crippen molar-refractivity contribution in [1.29, 1.82) is 0 Å². The molecule has 2 amide bonds. The van der Waals surface area contributed by atoms with E-state index < -0.39 is 0 Å². The van der Waals surface area contributed by atoms with Crippen LogP contribution in [0.25, 0.3) is 0 Å². The third-order valence-corrected chi connectivity index (χ3v) is 4.50. The van der Waals surface area contributed by atoms with E-state index in [1.54, 1.807) is 16.0 Å². The third kappa shape index (κ3) is 4.30. The van der Waals surface area contributed by atoms with Crippen molar-refractivity contribution in [2.75, 3.05) is 11.9 Å². The Morgan fingerprint density at radius 1 is 1.50 bits per heavy atom. The van der Waals surface area contributed by atoms with E-state index in [0.29, 0.717) is 12.4 Å². The van der Waals surface area contributed by atoms with Crippen molar-refractivity contribution in [2.24, 2.45) is 7.05 Å². The van der Waals surface area contributed by atoms with Crippen LogP contribution >= 0.6 is 11.3 Å². The van der Waals surface area contributed by atoms with E-state index in [0.717, 1.165) is 29.2 Å². The maximum absolute atomic E-state index is 12.0. The summed E-state index contributed by atoms with van der Waals surface area (Å²) in [6.45, 7) is 6.69. The smallest absolute Gasteiger partial charge is 0.320 e. The van der Waals surface area contributed by atoms with Gasteiger partial charge in [-0.3, -0.25) is 10.00 Å². The Morgan fingerprint density at radius 2 is 2.27 bits per heavy atom. The van der Waals surface area contributed by atoms with Crippen molar-refractivity contribution in [3.05, 3.63) is 27.8 Å². The van der Waals surface area contributed by atoms with E-state index in [1.165, 1.54) is 0 Å². The van der Waals surface area contributed by atoms with Crippen LogP contribution in [0, 0.1) is 6.92 Å². The quantitative estimate of drug-likeness (QED) is 0.859. The van der Waals surface area contributed by atoms with Crippen molar-refractivity contribution in [2.45, 2.75) is 39.5 Å². The molecule has 1 atom stereocenters. The highest BCUT2D eigenvalue weighted by Crippen LogP contribution is 2.19. The lowest BCUT2D eigenvalue weighted by atomic mass is 10.2. The number of thiazole rings is 1. The second-order valence-electron chi connectivity index (χ2n) is 5.46. The maximum Gasteiger partial charge on any atom is 0.320 e. The Bertz CT molecular complexity index is 634. The van der Waals surface area contributed by atoms with Gasteiger partial charge in [0.25, 0.3) is 0 Å². The molecule has 0 fully saturated rings. The van der Waals surface area contributed by atoms with Gasteiger partial charge in [0.15, 0.2) is 0 Å². The molecule has 120 valence electrons. The van der Waals surface area contributed by atoms with E-state index >= 15 is 0 Å². The van der Waals surface area contributed by atoms with Crippen molar-refractivity contribution in [1.82, 2.24) is 20.1 Å². The Labute approximate surface area is 135 Å². The zero-order valence-corrected chi connectivity index (χ0v) is 14.3. The van der Waals surface area contributed by atoms with Gasteiger partial charge in [0.05, 0.1) is 10.7 Å². The van der Waals surface area contributed by atoms with Gasteiger partial charge in [-0.25, -0.2) is 9.78 Å². The first-order valence-corrected chi connectivity index (χ1v) is 8.37. The van der Waals surface area contributed by atoms with Crippen molar-refractivity contribution in [3.8, 4) is 0 Å². The number of urea groups is 1. The number of nitrogens with zero attached hydrogens (tertiary/aromatic N) is 3. The van der Waals surface area contributed by atoms with Gasteiger partial charge in [-0.05, 0) is 13.3 Å². The number of amides is 2. The van der Waals surface area contributed by atoms with E-state index in [1.807, 2.05) is 25.4 Å². The van der Waals surface area contributed by atoms with Crippen LogP contribution in [0.3, 0.4) is 0 Å². The molecule has 0 spiro atoms. The minimum absolute atomic E-state index is 0.201. The molecule has 2 heterocycles. The van der Waals surface area contributed by atoms with Crippen LogP contribution in [0.5, 0.6) is 0 Å². The summed E-state index contributed by atoms with van der Waals surface area (Å²) in [5.41, 5.74) is 2.02. The summed E-state index contributed by atoms with van der Waals surface area (Å²) in [7, 11) is 1.83. The van der Waals surface area contributed by atoms with Crippen molar-refractivity contribution in [3.63, 3.8) is 0 Å². The number of aryl methyl sites for hydroxylation is 3. The maximum atomic E-state index is 12.0. The molecule has 0 aromatic carbocycles. The summed E-state index contributed by atoms with van der Waals surface area (Å²) in [4.78, 5) is 16.4. The minimum Gasteiger partial charge on any atom is -0.337 e. The Balaban J connectivity index is 1.85. The molecule has 0 unspecified atom stereocenters. The van der Waals surface area contributed by atoms with Gasteiger partial charge in [-0.15, -0.1) is 11.3 Å². The average Bonchev–Trinajstić information content (AvgIpc) is 3.04. The highest BCUT2D eigenvalue weighted by molar-refractivity contribution is 7.09. The number of anilines is 1. The number of rotatable bonds is 6. The number of hydrogen-bond donors (Lipinski definition) is 2. The number of nitrogens with one attached hydrogen (secondary N) is 2. The molecule has 0 saturated carbocycles. The van der Waals surface area contributed by atoms with E-state index in [2.05, 4.69) is 34.6 Å². The molecule has 0 aliphatic carbocycles. The highest BCUT2D eigenvalue weighted by atomic mass is 32.1. The monoisotopic (exact) mass is 321 g/mol. The van der Waals surface area contributed by atoms with Gasteiger partial charge in [0.1, 0.15) is 5.82 Å². The second kappa shape index (κ2) is 7.40. The zero-order chi connectivity index (χ0) is 16.1. The molecular weight excluding hydrogens is 298 g/mol. The fourth-order valence-corrected chi connectivity index (χ4v) is 2.97. The molecule has 6 nitrogen and oxygen atoms in total. The Kier molecular flexibility index (Phi) is 5.54. The van der Waals surface area contributed by atoms with Crippen LogP contribution in [-0.2, 0) is 13.5 Å². The highest BCUT2D eigenvalue weighted by Gasteiger charge is 2.12. The molecule has 2 N–H and O–H groups in total. The fraction of sp³-hybridized carbons (Fsp3) is 0.533. The van der Waals surface area contributed by atoms with E-state index in [9.17, 15) is 4.79 Å². The first kappa shape index (κ1) is 16.5. The molecule has 2 rings (SSSR count). The Hall–Kier alpha value is -1.89. The third-order valence-electron chi connectivity index (χ3n) is 3.31. The van der Waals surface area contributed by atoms with Crippen LogP contribution in [0.4, 0.5) is 10.6 Å². The standard InChI is InChI=1S/C15H23N5OS/c1-5-6-12-7-13(20(4)19-12)18-15(21)16-8-10(2)14-17-11(3)9-22-14/h7,9-10H,5-6,8H2,1-4H3,(H2,16,18,21)/t10-/m0/s1. The number of hydrogen-bond acceptors (Lipinski definition) is 4. The first-order chi connectivity index (χ1) is 10.5. The van der Waals surface area contributed by atoms with Gasteiger partial charge >= 0.3 is 6.03 Å². The molecule has 7 heteroatoms. The molecule has 0 bridgehead atoms. The molecule has 2 aromatic rings. The number of aromatic nitrogens is 3. The normalized spacial score (nSPS) is 12.2. The molecule has 0 radical (unpaired) electrons. The number of carbonyl (C=O) groups excluding carboxylic acids is 1. The molecular formula is C15H23N5OS. The molecule has 0 aliphatic heterocycles. The Morgan fingerprint density at radius 3 is 2.91 bits per heavy atom. The molecule has 22 heavy (non-hydrogen) atoms. The fourth-order valence-electron chi connectivity index (χ4n) is 2.11. The van der Waals surface area contributed by atoms with Crippen LogP contribution in [0.15, 0.2) is 11.4 Å². The summed E-state index contributed by atoms with van der Waals surface area (Å²) >= 11 is 1.63. The predicted molar refractivity (Wildman–Crippen MR) is 89.5 cm³/mol. The second-order valence-corrected chi connectivity index (χ2v) is 6.35. The van der Waals surface area contributed by atoms with Crippen LogP contribution in [0.1, 0.15) is 42.6 Å². The van der Waals surface area contributed by atoms with Crippen LogP contribution < -0.4 is 10.6 Å².